The van der Waals surface area contributed by atoms with Crippen molar-refractivity contribution in [2.75, 3.05) is 5.73 Å². The molecule has 0 aliphatic heterocycles. The van der Waals surface area contributed by atoms with Crippen LogP contribution in [0.5, 0.6) is 0 Å². The van der Waals surface area contributed by atoms with Crippen molar-refractivity contribution >= 4 is 34.4 Å². The molecule has 0 aliphatic carbocycles. The molecule has 2 aromatic rings. The van der Waals surface area contributed by atoms with Crippen molar-refractivity contribution in [1.82, 2.24) is 0 Å². The summed E-state index contributed by atoms with van der Waals surface area (Å²) in [6, 6.07) is 3.15. The molecule has 1 aromatic carbocycles. The average molecular weight is 274 g/mol. The van der Waals surface area contributed by atoms with Crippen LogP contribution in [0.4, 0.5) is 14.5 Å². The molecule has 1 aromatic heterocycles. The lowest BCUT2D eigenvalue weighted by Gasteiger charge is -2.04. The van der Waals surface area contributed by atoms with Crippen molar-refractivity contribution in [1.29, 1.82) is 0 Å². The molecule has 0 fully saturated rings. The number of benzene rings is 1. The van der Waals surface area contributed by atoms with E-state index in [1.807, 2.05) is 0 Å². The summed E-state index contributed by atoms with van der Waals surface area (Å²) in [6.45, 7) is 0. The summed E-state index contributed by atoms with van der Waals surface area (Å²) in [7, 11) is 0. The minimum Gasteiger partial charge on any atom is -0.396 e. The van der Waals surface area contributed by atoms with E-state index in [0.717, 1.165) is 23.5 Å². The third-order valence-corrected chi connectivity index (χ3v) is 3.47. The first-order chi connectivity index (χ1) is 8.00. The minimum atomic E-state index is -0.930. The van der Waals surface area contributed by atoms with Crippen LogP contribution in [0.1, 0.15) is 15.2 Å². The van der Waals surface area contributed by atoms with Gasteiger partial charge in [0.2, 0.25) is 5.78 Å². The van der Waals surface area contributed by atoms with E-state index in [2.05, 4.69) is 0 Å². The molecule has 1 heterocycles. The van der Waals surface area contributed by atoms with E-state index in [0.29, 0.717) is 0 Å². The van der Waals surface area contributed by atoms with Gasteiger partial charge in [0, 0.05) is 0 Å². The highest BCUT2D eigenvalue weighted by Gasteiger charge is 2.20. The Hall–Kier alpha value is -1.46. The molecule has 6 heteroatoms. The van der Waals surface area contributed by atoms with Crippen molar-refractivity contribution in [2.45, 2.75) is 0 Å². The summed E-state index contributed by atoms with van der Waals surface area (Å²) >= 11 is 6.82. The fourth-order valence-corrected chi connectivity index (χ4v) is 2.45. The number of rotatable bonds is 2. The molecule has 0 aliphatic rings. The highest BCUT2D eigenvalue weighted by molar-refractivity contribution is 7.13. The van der Waals surface area contributed by atoms with Crippen LogP contribution in [0.3, 0.4) is 0 Å². The van der Waals surface area contributed by atoms with Gasteiger partial charge in [0.15, 0.2) is 5.82 Å². The number of hydrogen-bond donors (Lipinski definition) is 1. The first-order valence-corrected chi connectivity index (χ1v) is 5.78. The number of carbonyl (C=O) groups excluding carboxylic acids is 1. The Bertz CT molecular complexity index is 597. The standard InChI is InChI=1S/C11H6ClF2NOS/c12-7-1-2-17-11(7)10(16)6-3-5(13)4-8(15)9(6)14/h1-4H,15H2. The van der Waals surface area contributed by atoms with Crippen molar-refractivity contribution < 1.29 is 13.6 Å². The third-order valence-electron chi connectivity index (χ3n) is 2.13. The van der Waals surface area contributed by atoms with E-state index in [4.69, 9.17) is 17.3 Å². The fourth-order valence-electron chi connectivity index (χ4n) is 1.35. The quantitative estimate of drug-likeness (QED) is 0.672. The Balaban J connectivity index is 2.55. The molecule has 2 nitrogen and oxygen atoms in total. The van der Waals surface area contributed by atoms with Crippen LogP contribution in [0.25, 0.3) is 0 Å². The van der Waals surface area contributed by atoms with Crippen LogP contribution in [-0.4, -0.2) is 5.78 Å². The van der Waals surface area contributed by atoms with Crippen molar-refractivity contribution in [3.05, 3.63) is 50.7 Å². The molecular weight excluding hydrogens is 268 g/mol. The van der Waals surface area contributed by atoms with E-state index in [1.54, 1.807) is 5.38 Å². The largest absolute Gasteiger partial charge is 0.396 e. The second-order valence-corrected chi connectivity index (χ2v) is 4.61. The predicted octanol–water partition coefficient (Wildman–Crippen LogP) is 3.49. The molecule has 0 bridgehead atoms. The average Bonchev–Trinajstić information content (AvgIpc) is 2.69. The number of nitrogen functional groups attached to an aromatic ring is 1. The van der Waals surface area contributed by atoms with Crippen LogP contribution >= 0.6 is 22.9 Å². The van der Waals surface area contributed by atoms with Gasteiger partial charge in [0.05, 0.1) is 21.2 Å². The van der Waals surface area contributed by atoms with Gasteiger partial charge < -0.3 is 5.73 Å². The van der Waals surface area contributed by atoms with Gasteiger partial charge in [-0.25, -0.2) is 8.78 Å². The van der Waals surface area contributed by atoms with E-state index < -0.39 is 28.7 Å². The van der Waals surface area contributed by atoms with Gasteiger partial charge in [-0.3, -0.25) is 4.79 Å². The van der Waals surface area contributed by atoms with Crippen LogP contribution in [0.2, 0.25) is 5.02 Å². The third kappa shape index (κ3) is 2.16. The molecule has 17 heavy (non-hydrogen) atoms. The second-order valence-electron chi connectivity index (χ2n) is 3.28. The van der Waals surface area contributed by atoms with Crippen LogP contribution in [0, 0.1) is 11.6 Å². The summed E-state index contributed by atoms with van der Waals surface area (Å²) in [4.78, 5) is 12.1. The molecule has 2 N–H and O–H groups in total. The van der Waals surface area contributed by atoms with Crippen LogP contribution in [-0.2, 0) is 0 Å². The Labute approximate surface area is 105 Å². The summed E-state index contributed by atoms with van der Waals surface area (Å²) < 4.78 is 26.7. The zero-order valence-corrected chi connectivity index (χ0v) is 9.91. The van der Waals surface area contributed by atoms with E-state index >= 15 is 0 Å². The molecule has 2 rings (SSSR count). The number of anilines is 1. The number of nitrogens with two attached hydrogens (primary N) is 1. The van der Waals surface area contributed by atoms with E-state index in [9.17, 15) is 13.6 Å². The topological polar surface area (TPSA) is 43.1 Å². The highest BCUT2D eigenvalue weighted by Crippen LogP contribution is 2.27. The Kier molecular flexibility index (Phi) is 3.13. The Morgan fingerprint density at radius 3 is 2.65 bits per heavy atom. The molecular formula is C11H6ClF2NOS. The zero-order valence-electron chi connectivity index (χ0n) is 8.34. The molecule has 0 spiro atoms. The van der Waals surface area contributed by atoms with Crippen molar-refractivity contribution in [2.24, 2.45) is 0 Å². The van der Waals surface area contributed by atoms with Gasteiger partial charge in [-0.1, -0.05) is 11.6 Å². The van der Waals surface area contributed by atoms with Gasteiger partial charge in [0.1, 0.15) is 5.82 Å². The van der Waals surface area contributed by atoms with Gasteiger partial charge in [-0.05, 0) is 23.6 Å². The maximum atomic E-state index is 13.6. The van der Waals surface area contributed by atoms with Gasteiger partial charge in [0.25, 0.3) is 0 Å². The smallest absolute Gasteiger partial charge is 0.207 e. The van der Waals surface area contributed by atoms with E-state index in [1.165, 1.54) is 6.07 Å². The Morgan fingerprint density at radius 2 is 2.06 bits per heavy atom. The van der Waals surface area contributed by atoms with Crippen LogP contribution < -0.4 is 5.73 Å². The zero-order chi connectivity index (χ0) is 12.6. The molecule has 0 radical (unpaired) electrons. The monoisotopic (exact) mass is 273 g/mol. The van der Waals surface area contributed by atoms with E-state index in [-0.39, 0.29) is 9.90 Å². The summed E-state index contributed by atoms with van der Waals surface area (Å²) in [6.07, 6.45) is 0. The van der Waals surface area contributed by atoms with Crippen molar-refractivity contribution in [3.63, 3.8) is 0 Å². The fraction of sp³-hybridized carbons (Fsp3) is 0. The highest BCUT2D eigenvalue weighted by atomic mass is 35.5. The van der Waals surface area contributed by atoms with Gasteiger partial charge in [-0.2, -0.15) is 0 Å². The normalized spacial score (nSPS) is 10.5. The van der Waals surface area contributed by atoms with Gasteiger partial charge >= 0.3 is 0 Å². The lowest BCUT2D eigenvalue weighted by atomic mass is 10.1. The molecule has 0 amide bonds. The number of thiophene rings is 1. The number of halogens is 3. The van der Waals surface area contributed by atoms with Gasteiger partial charge in [-0.15, -0.1) is 11.3 Å². The van der Waals surface area contributed by atoms with Crippen molar-refractivity contribution in [3.8, 4) is 0 Å². The first-order valence-electron chi connectivity index (χ1n) is 4.53. The van der Waals surface area contributed by atoms with Crippen LogP contribution in [0.15, 0.2) is 23.6 Å². The summed E-state index contributed by atoms with van der Waals surface area (Å²) in [5, 5.41) is 1.80. The molecule has 0 unspecified atom stereocenters. The molecule has 0 atom stereocenters. The minimum absolute atomic E-state index is 0.163. The molecule has 0 saturated carbocycles. The number of hydrogen-bond acceptors (Lipinski definition) is 3. The second kappa shape index (κ2) is 4.43. The lowest BCUT2D eigenvalue weighted by Crippen LogP contribution is -2.06. The predicted molar refractivity (Wildman–Crippen MR) is 63.5 cm³/mol. The maximum Gasteiger partial charge on any atom is 0.207 e. The first kappa shape index (κ1) is 12.0. The SMILES string of the molecule is Nc1cc(F)cc(C(=O)c2sccc2Cl)c1F. The molecule has 0 saturated heterocycles. The lowest BCUT2D eigenvalue weighted by molar-refractivity contribution is 0.103. The Morgan fingerprint density at radius 1 is 1.35 bits per heavy atom. The summed E-state index contributed by atoms with van der Waals surface area (Å²) in [5.41, 5.74) is 4.44. The maximum absolute atomic E-state index is 13.6. The number of ketones is 1. The molecule has 88 valence electrons. The number of carbonyl (C=O) groups is 1. The summed E-state index contributed by atoms with van der Waals surface area (Å²) in [5.74, 6) is -2.37.